The van der Waals surface area contributed by atoms with Gasteiger partial charge in [0.2, 0.25) is 0 Å². The van der Waals surface area contributed by atoms with Gasteiger partial charge in [-0.1, -0.05) is 97.8 Å². The predicted molar refractivity (Wildman–Crippen MR) is 101 cm³/mol. The van der Waals surface area contributed by atoms with E-state index in [0.717, 1.165) is 0 Å². The Morgan fingerprint density at radius 3 is 1.14 bits per heavy atom. The molecule has 0 amide bonds. The maximum Gasteiger partial charge on any atom is -0.00190 e. The molecule has 0 saturated heterocycles. The third kappa shape index (κ3) is 18.2. The Balaban J connectivity index is 0. The van der Waals surface area contributed by atoms with E-state index in [1.165, 1.54) is 103 Å². The average Bonchev–Trinajstić information content (AvgIpc) is 2.48. The lowest BCUT2D eigenvalue weighted by atomic mass is 10.0. The van der Waals surface area contributed by atoms with Crippen LogP contribution in [0.3, 0.4) is 0 Å². The SMILES string of the molecule is CCCCCCCCCCCCCCCN(CC)CC.Cl. The van der Waals surface area contributed by atoms with Crippen LogP contribution in [0.5, 0.6) is 0 Å². The molecule has 0 aliphatic rings. The van der Waals surface area contributed by atoms with Crippen molar-refractivity contribution in [2.24, 2.45) is 0 Å². The van der Waals surface area contributed by atoms with E-state index in [0.29, 0.717) is 0 Å². The molecule has 0 radical (unpaired) electrons. The van der Waals surface area contributed by atoms with Crippen molar-refractivity contribution in [1.29, 1.82) is 0 Å². The lowest BCUT2D eigenvalue weighted by Crippen LogP contribution is -2.23. The summed E-state index contributed by atoms with van der Waals surface area (Å²) in [5.74, 6) is 0. The average molecular weight is 320 g/mol. The second-order valence-corrected chi connectivity index (χ2v) is 6.27. The number of nitrogens with zero attached hydrogens (tertiary/aromatic N) is 1. The minimum Gasteiger partial charge on any atom is -0.304 e. The molecule has 21 heavy (non-hydrogen) atoms. The fourth-order valence-electron chi connectivity index (χ4n) is 2.89. The van der Waals surface area contributed by atoms with Crippen LogP contribution in [-0.2, 0) is 0 Å². The molecule has 0 N–H and O–H groups in total. The Morgan fingerprint density at radius 2 is 0.810 bits per heavy atom. The van der Waals surface area contributed by atoms with Crippen molar-refractivity contribution < 1.29 is 0 Å². The van der Waals surface area contributed by atoms with Gasteiger partial charge in [-0.15, -0.1) is 12.4 Å². The second kappa shape index (κ2) is 20.2. The van der Waals surface area contributed by atoms with Crippen LogP contribution in [0.25, 0.3) is 0 Å². The smallest absolute Gasteiger partial charge is 0.00190 e. The first kappa shape index (κ1) is 23.5. The lowest BCUT2D eigenvalue weighted by molar-refractivity contribution is 0.295. The zero-order valence-corrected chi connectivity index (χ0v) is 16.0. The van der Waals surface area contributed by atoms with Crippen LogP contribution in [0, 0.1) is 0 Å². The fourth-order valence-corrected chi connectivity index (χ4v) is 2.89. The summed E-state index contributed by atoms with van der Waals surface area (Å²) in [5, 5.41) is 0. The van der Waals surface area contributed by atoms with Crippen molar-refractivity contribution in [1.82, 2.24) is 4.90 Å². The summed E-state index contributed by atoms with van der Waals surface area (Å²) >= 11 is 0. The maximum atomic E-state index is 2.54. The Bertz CT molecular complexity index is 169. The highest BCUT2D eigenvalue weighted by molar-refractivity contribution is 5.85. The van der Waals surface area contributed by atoms with E-state index >= 15 is 0 Å². The van der Waals surface area contributed by atoms with Crippen LogP contribution in [0.2, 0.25) is 0 Å². The van der Waals surface area contributed by atoms with E-state index in [-0.39, 0.29) is 12.4 Å². The van der Waals surface area contributed by atoms with Gasteiger partial charge in [-0.05, 0) is 26.1 Å². The topological polar surface area (TPSA) is 3.24 Å². The molecule has 1 nitrogen and oxygen atoms in total. The molecule has 0 atom stereocenters. The summed E-state index contributed by atoms with van der Waals surface area (Å²) in [6.45, 7) is 10.6. The third-order valence-electron chi connectivity index (χ3n) is 4.47. The zero-order chi connectivity index (χ0) is 14.9. The zero-order valence-electron chi connectivity index (χ0n) is 15.2. The van der Waals surface area contributed by atoms with E-state index in [1.807, 2.05) is 0 Å². The summed E-state index contributed by atoms with van der Waals surface area (Å²) in [6, 6.07) is 0. The minimum atomic E-state index is 0. The fraction of sp³-hybridized carbons (Fsp3) is 1.00. The number of unbranched alkanes of at least 4 members (excludes halogenated alkanes) is 12. The molecule has 0 spiro atoms. The molecule has 0 bridgehead atoms. The van der Waals surface area contributed by atoms with Crippen LogP contribution in [-0.4, -0.2) is 24.5 Å². The highest BCUT2D eigenvalue weighted by Gasteiger charge is 1.98. The standard InChI is InChI=1S/C19H41N.ClH/c1-4-7-8-9-10-11-12-13-14-15-16-17-18-19-20(5-2)6-3;/h4-19H2,1-3H3;1H. The Morgan fingerprint density at radius 1 is 0.476 bits per heavy atom. The molecule has 2 heteroatoms. The van der Waals surface area contributed by atoms with E-state index < -0.39 is 0 Å². The molecule has 0 heterocycles. The molecule has 0 fully saturated rings. The molecule has 0 rings (SSSR count). The number of rotatable bonds is 16. The Hall–Kier alpha value is 0.250. The molecule has 0 aromatic rings. The van der Waals surface area contributed by atoms with Gasteiger partial charge in [-0.3, -0.25) is 0 Å². The first-order valence-electron chi connectivity index (χ1n) is 9.57. The molecule has 0 aromatic carbocycles. The second-order valence-electron chi connectivity index (χ2n) is 6.27. The van der Waals surface area contributed by atoms with E-state index in [4.69, 9.17) is 0 Å². The number of halogens is 1. The molecule has 0 saturated carbocycles. The highest BCUT2D eigenvalue weighted by Crippen LogP contribution is 2.12. The normalized spacial score (nSPS) is 10.9. The van der Waals surface area contributed by atoms with Crippen LogP contribution in [0.4, 0.5) is 0 Å². The quantitative estimate of drug-likeness (QED) is 0.281. The summed E-state index contributed by atoms with van der Waals surface area (Å²) in [7, 11) is 0. The summed E-state index contributed by atoms with van der Waals surface area (Å²) in [5.41, 5.74) is 0. The summed E-state index contributed by atoms with van der Waals surface area (Å²) < 4.78 is 0. The third-order valence-corrected chi connectivity index (χ3v) is 4.47. The van der Waals surface area contributed by atoms with Gasteiger partial charge in [0.05, 0.1) is 0 Å². The van der Waals surface area contributed by atoms with Crippen molar-refractivity contribution in [3.05, 3.63) is 0 Å². The van der Waals surface area contributed by atoms with Crippen LogP contribution >= 0.6 is 12.4 Å². The number of hydrogen-bond acceptors (Lipinski definition) is 1. The highest BCUT2D eigenvalue weighted by atomic mass is 35.5. The van der Waals surface area contributed by atoms with Crippen LogP contribution in [0.15, 0.2) is 0 Å². The monoisotopic (exact) mass is 319 g/mol. The lowest BCUT2D eigenvalue weighted by Gasteiger charge is -2.17. The maximum absolute atomic E-state index is 2.54. The van der Waals surface area contributed by atoms with Crippen molar-refractivity contribution in [3.63, 3.8) is 0 Å². The van der Waals surface area contributed by atoms with Gasteiger partial charge < -0.3 is 4.90 Å². The summed E-state index contributed by atoms with van der Waals surface area (Å²) in [6.07, 6.45) is 18.9. The molecule has 0 aliphatic carbocycles. The van der Waals surface area contributed by atoms with Crippen molar-refractivity contribution >= 4 is 12.4 Å². The van der Waals surface area contributed by atoms with Gasteiger partial charge >= 0.3 is 0 Å². The van der Waals surface area contributed by atoms with Gasteiger partial charge in [0.1, 0.15) is 0 Å². The molecular formula is C19H42ClN. The van der Waals surface area contributed by atoms with Gasteiger partial charge in [0, 0.05) is 0 Å². The van der Waals surface area contributed by atoms with Gasteiger partial charge in [0.25, 0.3) is 0 Å². The van der Waals surface area contributed by atoms with E-state index in [9.17, 15) is 0 Å². The Labute approximate surface area is 141 Å². The molecule has 0 aliphatic heterocycles. The van der Waals surface area contributed by atoms with E-state index in [1.54, 1.807) is 0 Å². The molecule has 0 unspecified atom stereocenters. The molecular weight excluding hydrogens is 278 g/mol. The van der Waals surface area contributed by atoms with Crippen molar-refractivity contribution in [2.75, 3.05) is 19.6 Å². The van der Waals surface area contributed by atoms with Gasteiger partial charge in [-0.2, -0.15) is 0 Å². The van der Waals surface area contributed by atoms with Crippen molar-refractivity contribution in [3.8, 4) is 0 Å². The minimum absolute atomic E-state index is 0. The first-order valence-corrected chi connectivity index (χ1v) is 9.57. The first-order chi connectivity index (χ1) is 9.85. The van der Waals surface area contributed by atoms with Crippen LogP contribution < -0.4 is 0 Å². The van der Waals surface area contributed by atoms with Gasteiger partial charge in [0.15, 0.2) is 0 Å². The molecule has 0 aromatic heterocycles. The predicted octanol–water partition coefficient (Wildman–Crippen LogP) is 6.84. The van der Waals surface area contributed by atoms with Crippen LogP contribution in [0.1, 0.15) is 104 Å². The van der Waals surface area contributed by atoms with Gasteiger partial charge in [-0.25, -0.2) is 0 Å². The number of hydrogen-bond donors (Lipinski definition) is 0. The summed E-state index contributed by atoms with van der Waals surface area (Å²) in [4.78, 5) is 2.54. The molecule has 130 valence electrons. The largest absolute Gasteiger partial charge is 0.304 e. The van der Waals surface area contributed by atoms with E-state index in [2.05, 4.69) is 25.7 Å². The Kier molecular flexibility index (Phi) is 22.7. The van der Waals surface area contributed by atoms with Crippen molar-refractivity contribution in [2.45, 2.75) is 104 Å².